The molecule has 0 amide bonds. The van der Waals surface area contributed by atoms with Gasteiger partial charge in [-0.05, 0) is 56.8 Å². The summed E-state index contributed by atoms with van der Waals surface area (Å²) in [6, 6.07) is 7.65. The maximum absolute atomic E-state index is 4.67. The van der Waals surface area contributed by atoms with E-state index in [1.54, 1.807) is 0 Å². The zero-order valence-corrected chi connectivity index (χ0v) is 13.5. The molecule has 1 aromatic heterocycles. The molecule has 0 saturated carbocycles. The van der Waals surface area contributed by atoms with Gasteiger partial charge >= 0.3 is 0 Å². The molecule has 3 heteroatoms. The Kier molecular flexibility index (Phi) is 3.85. The summed E-state index contributed by atoms with van der Waals surface area (Å²) in [5.41, 5.74) is 6.78. The van der Waals surface area contributed by atoms with Gasteiger partial charge in [-0.1, -0.05) is 25.1 Å². The molecule has 0 fully saturated rings. The van der Waals surface area contributed by atoms with Crippen LogP contribution in [0.4, 0.5) is 0 Å². The van der Waals surface area contributed by atoms with E-state index in [1.165, 1.54) is 28.7 Å². The van der Waals surface area contributed by atoms with Crippen LogP contribution in [0.5, 0.6) is 0 Å². The van der Waals surface area contributed by atoms with Gasteiger partial charge in [-0.25, -0.2) is 0 Å². The van der Waals surface area contributed by atoms with Crippen molar-refractivity contribution < 1.29 is 0 Å². The Morgan fingerprint density at radius 2 is 2.14 bits per heavy atom. The molecule has 0 spiro atoms. The van der Waals surface area contributed by atoms with E-state index in [2.05, 4.69) is 67.2 Å². The monoisotopic (exact) mass is 283 g/mol. The molecule has 1 N–H and O–H groups in total. The third-order valence-electron chi connectivity index (χ3n) is 4.46. The predicted molar refractivity (Wildman–Crippen MR) is 87.5 cm³/mol. The fourth-order valence-corrected chi connectivity index (χ4v) is 3.38. The van der Waals surface area contributed by atoms with Gasteiger partial charge in [0, 0.05) is 23.8 Å². The quantitative estimate of drug-likeness (QED) is 0.918. The Labute approximate surface area is 127 Å². The van der Waals surface area contributed by atoms with Crippen molar-refractivity contribution in [2.75, 3.05) is 6.54 Å². The lowest BCUT2D eigenvalue weighted by molar-refractivity contribution is 0.529. The minimum atomic E-state index is 0.406. The molecule has 112 valence electrons. The summed E-state index contributed by atoms with van der Waals surface area (Å²) < 4.78 is 2.07. The highest BCUT2D eigenvalue weighted by atomic mass is 15.3. The van der Waals surface area contributed by atoms with Crippen LogP contribution in [0.3, 0.4) is 0 Å². The van der Waals surface area contributed by atoms with Crippen molar-refractivity contribution in [2.45, 2.75) is 52.6 Å². The van der Waals surface area contributed by atoms with Gasteiger partial charge in [-0.3, -0.25) is 4.68 Å². The van der Waals surface area contributed by atoms with Gasteiger partial charge in [0.1, 0.15) is 0 Å². The van der Waals surface area contributed by atoms with Gasteiger partial charge in [-0.15, -0.1) is 0 Å². The topological polar surface area (TPSA) is 29.9 Å². The van der Waals surface area contributed by atoms with Gasteiger partial charge in [0.15, 0.2) is 0 Å². The van der Waals surface area contributed by atoms with Gasteiger partial charge in [0.25, 0.3) is 0 Å². The molecular weight excluding hydrogens is 258 g/mol. The van der Waals surface area contributed by atoms with E-state index >= 15 is 0 Å². The van der Waals surface area contributed by atoms with Crippen LogP contribution < -0.4 is 5.32 Å². The van der Waals surface area contributed by atoms with Crippen LogP contribution in [-0.2, 0) is 6.42 Å². The Morgan fingerprint density at radius 3 is 2.81 bits per heavy atom. The highest BCUT2D eigenvalue weighted by molar-refractivity contribution is 5.71. The number of nitrogens with zero attached hydrogens (tertiary/aromatic N) is 2. The van der Waals surface area contributed by atoms with Gasteiger partial charge in [0.2, 0.25) is 0 Å². The number of aryl methyl sites for hydroxylation is 1. The van der Waals surface area contributed by atoms with Crippen LogP contribution in [0.15, 0.2) is 24.4 Å². The molecule has 21 heavy (non-hydrogen) atoms. The van der Waals surface area contributed by atoms with Crippen molar-refractivity contribution >= 4 is 0 Å². The van der Waals surface area contributed by atoms with E-state index in [-0.39, 0.29) is 0 Å². The summed E-state index contributed by atoms with van der Waals surface area (Å²) >= 11 is 0. The second-order valence-electron chi connectivity index (χ2n) is 6.22. The molecule has 1 aromatic carbocycles. The number of nitrogens with one attached hydrogen (secondary N) is 1. The summed E-state index contributed by atoms with van der Waals surface area (Å²) in [5, 5.41) is 8.26. The fraction of sp³-hybridized carbons (Fsp3) is 0.500. The molecule has 3 nitrogen and oxygen atoms in total. The normalized spacial score (nSPS) is 17.5. The molecule has 0 saturated heterocycles. The van der Waals surface area contributed by atoms with Crippen LogP contribution in [0.2, 0.25) is 0 Å². The van der Waals surface area contributed by atoms with Crippen molar-refractivity contribution in [1.29, 1.82) is 0 Å². The number of fused-ring (bicyclic) bond motifs is 1. The summed E-state index contributed by atoms with van der Waals surface area (Å²) in [4.78, 5) is 0. The molecule has 0 bridgehead atoms. The lowest BCUT2D eigenvalue weighted by Crippen LogP contribution is -2.18. The van der Waals surface area contributed by atoms with E-state index in [0.717, 1.165) is 18.7 Å². The zero-order valence-electron chi connectivity index (χ0n) is 13.5. The predicted octanol–water partition coefficient (Wildman–Crippen LogP) is 4.04. The number of hydrogen-bond acceptors (Lipinski definition) is 2. The molecule has 3 rings (SSSR count). The molecule has 2 aromatic rings. The van der Waals surface area contributed by atoms with Gasteiger partial charge in [-0.2, -0.15) is 5.10 Å². The highest BCUT2D eigenvalue weighted by Gasteiger charge is 2.25. The molecular formula is C18H25N3. The first-order valence-electron chi connectivity index (χ1n) is 8.03. The SMILES string of the molecule is CCNC1CCc2c(-c3cn(C(C)C)nc3C)cccc21. The number of hydrogen-bond donors (Lipinski definition) is 1. The smallest absolute Gasteiger partial charge is 0.0672 e. The summed E-state index contributed by atoms with van der Waals surface area (Å²) in [5.74, 6) is 0. The average molecular weight is 283 g/mol. The lowest BCUT2D eigenvalue weighted by Gasteiger charge is -2.13. The van der Waals surface area contributed by atoms with Crippen LogP contribution in [0, 0.1) is 6.92 Å². The van der Waals surface area contributed by atoms with E-state index in [1.807, 2.05) is 0 Å². The van der Waals surface area contributed by atoms with E-state index in [4.69, 9.17) is 0 Å². The van der Waals surface area contributed by atoms with Crippen LogP contribution in [0.1, 0.15) is 56.1 Å². The zero-order chi connectivity index (χ0) is 15.0. The summed E-state index contributed by atoms with van der Waals surface area (Å²) in [6.07, 6.45) is 4.57. The Morgan fingerprint density at radius 1 is 1.33 bits per heavy atom. The second-order valence-corrected chi connectivity index (χ2v) is 6.22. The third kappa shape index (κ3) is 2.51. The van der Waals surface area contributed by atoms with Crippen molar-refractivity contribution in [1.82, 2.24) is 15.1 Å². The maximum Gasteiger partial charge on any atom is 0.0672 e. The summed E-state index contributed by atoms with van der Waals surface area (Å²) in [6.45, 7) is 9.67. The Bertz CT molecular complexity index is 640. The Hall–Kier alpha value is -1.61. The molecule has 1 atom stereocenters. The second kappa shape index (κ2) is 5.64. The molecule has 0 aliphatic heterocycles. The number of rotatable bonds is 4. The first kappa shape index (κ1) is 14.3. The largest absolute Gasteiger partial charge is 0.310 e. The first-order valence-corrected chi connectivity index (χ1v) is 8.03. The molecule has 1 unspecified atom stereocenters. The van der Waals surface area contributed by atoms with E-state index < -0.39 is 0 Å². The maximum atomic E-state index is 4.67. The van der Waals surface area contributed by atoms with Crippen molar-refractivity contribution in [3.8, 4) is 11.1 Å². The minimum absolute atomic E-state index is 0.406. The van der Waals surface area contributed by atoms with Crippen molar-refractivity contribution in [3.05, 3.63) is 41.2 Å². The first-order chi connectivity index (χ1) is 10.1. The molecule has 0 radical (unpaired) electrons. The third-order valence-corrected chi connectivity index (χ3v) is 4.46. The fourth-order valence-electron chi connectivity index (χ4n) is 3.38. The molecule has 1 heterocycles. The summed E-state index contributed by atoms with van der Waals surface area (Å²) in [7, 11) is 0. The standard InChI is InChI=1S/C18H25N3/c1-5-19-18-10-9-15-14(7-6-8-16(15)18)17-11-21(12(2)3)20-13(17)4/h6-8,11-12,18-19H,5,9-10H2,1-4H3. The molecule has 1 aliphatic carbocycles. The van der Waals surface area contributed by atoms with Gasteiger partial charge in [0.05, 0.1) is 5.69 Å². The van der Waals surface area contributed by atoms with E-state index in [9.17, 15) is 0 Å². The molecule has 1 aliphatic rings. The highest BCUT2D eigenvalue weighted by Crippen LogP contribution is 2.38. The lowest BCUT2D eigenvalue weighted by atomic mass is 9.97. The number of aromatic nitrogens is 2. The van der Waals surface area contributed by atoms with Crippen LogP contribution >= 0.6 is 0 Å². The Balaban J connectivity index is 2.05. The van der Waals surface area contributed by atoms with Crippen molar-refractivity contribution in [3.63, 3.8) is 0 Å². The minimum Gasteiger partial charge on any atom is -0.310 e. The van der Waals surface area contributed by atoms with Crippen LogP contribution in [0.25, 0.3) is 11.1 Å². The van der Waals surface area contributed by atoms with Gasteiger partial charge < -0.3 is 5.32 Å². The van der Waals surface area contributed by atoms with E-state index in [0.29, 0.717) is 12.1 Å². The average Bonchev–Trinajstić information content (AvgIpc) is 3.03. The van der Waals surface area contributed by atoms with Crippen molar-refractivity contribution in [2.24, 2.45) is 0 Å². The number of benzene rings is 1. The van der Waals surface area contributed by atoms with Crippen LogP contribution in [-0.4, -0.2) is 16.3 Å².